The fourth-order valence-electron chi connectivity index (χ4n) is 5.98. The second-order valence-corrected chi connectivity index (χ2v) is 15.1. The molecule has 0 fully saturated rings. The quantitative estimate of drug-likeness (QED) is 0.0418. The van der Waals surface area contributed by atoms with Crippen LogP contribution in [0.5, 0.6) is 0 Å². The molecule has 0 amide bonds. The van der Waals surface area contributed by atoms with Gasteiger partial charge in [0, 0.05) is 59.2 Å². The first-order chi connectivity index (χ1) is 26.3. The van der Waals surface area contributed by atoms with E-state index in [-0.39, 0.29) is 39.9 Å². The van der Waals surface area contributed by atoms with Gasteiger partial charge in [0.2, 0.25) is 0 Å². The first-order valence-corrected chi connectivity index (χ1v) is 22.9. The van der Waals surface area contributed by atoms with E-state index >= 15 is 0 Å². The molecule has 6 nitrogen and oxygen atoms in total. The molecule has 3 N–H and O–H groups in total. The smallest absolute Gasteiger partial charge is 0.303 e. The van der Waals surface area contributed by atoms with Crippen LogP contribution in [0.3, 0.4) is 0 Å². The predicted octanol–water partition coefficient (Wildman–Crippen LogP) is 16.0. The SMILES string of the molecule is CCCCCC/C=C\CCCCCCCC(=O)O.CCCCCC/C=C\CCCCCCCC(=O)O.CCCCCC/C=C\CCCCCCCC(=O)O.[Gd]. The Kier molecular flexibility index (Phi) is 63.1. The Morgan fingerprint density at radius 3 is 0.636 bits per heavy atom. The van der Waals surface area contributed by atoms with Crippen LogP contribution < -0.4 is 0 Å². The molecule has 0 bridgehead atoms. The first kappa shape index (κ1) is 60.6. The van der Waals surface area contributed by atoms with Crippen LogP contribution in [0.25, 0.3) is 0 Å². The first-order valence-electron chi connectivity index (χ1n) is 22.9. The van der Waals surface area contributed by atoms with Crippen molar-refractivity contribution in [3.05, 3.63) is 36.5 Å². The van der Waals surface area contributed by atoms with E-state index in [0.29, 0.717) is 19.3 Å². The van der Waals surface area contributed by atoms with Crippen molar-refractivity contribution in [2.24, 2.45) is 0 Å². The third-order valence-electron chi connectivity index (χ3n) is 9.46. The molecule has 0 aliphatic heterocycles. The van der Waals surface area contributed by atoms with E-state index in [9.17, 15) is 14.4 Å². The monoisotopic (exact) mass is 921 g/mol. The molecule has 0 saturated heterocycles. The molecule has 0 spiro atoms. The number of hydrogen-bond acceptors (Lipinski definition) is 3. The van der Waals surface area contributed by atoms with Crippen LogP contribution >= 0.6 is 0 Å². The summed E-state index contributed by atoms with van der Waals surface area (Å²) in [5.41, 5.74) is 0. The molecule has 55 heavy (non-hydrogen) atoms. The Morgan fingerprint density at radius 1 is 0.291 bits per heavy atom. The number of carbonyl (C=O) groups is 3. The second-order valence-electron chi connectivity index (χ2n) is 15.1. The summed E-state index contributed by atoms with van der Waals surface area (Å²) in [6.45, 7) is 6.73. The minimum Gasteiger partial charge on any atom is -0.481 e. The van der Waals surface area contributed by atoms with Gasteiger partial charge < -0.3 is 15.3 Å². The van der Waals surface area contributed by atoms with Crippen molar-refractivity contribution >= 4 is 17.9 Å². The molecular formula is C48H90GdO6. The summed E-state index contributed by atoms with van der Waals surface area (Å²) in [5, 5.41) is 25.4. The van der Waals surface area contributed by atoms with E-state index in [1.54, 1.807) is 0 Å². The number of carboxylic acid groups (broad SMARTS) is 3. The van der Waals surface area contributed by atoms with E-state index in [0.717, 1.165) is 38.5 Å². The van der Waals surface area contributed by atoms with E-state index in [2.05, 4.69) is 57.2 Å². The van der Waals surface area contributed by atoms with Gasteiger partial charge in [0.25, 0.3) is 0 Å². The Morgan fingerprint density at radius 2 is 0.455 bits per heavy atom. The maximum absolute atomic E-state index is 10.3. The number of allylic oxidation sites excluding steroid dienone is 6. The van der Waals surface area contributed by atoms with Gasteiger partial charge in [-0.15, -0.1) is 0 Å². The van der Waals surface area contributed by atoms with Crippen molar-refractivity contribution in [2.75, 3.05) is 0 Å². The number of carboxylic acids is 3. The van der Waals surface area contributed by atoms with Crippen molar-refractivity contribution in [1.82, 2.24) is 0 Å². The van der Waals surface area contributed by atoms with E-state index < -0.39 is 17.9 Å². The number of rotatable bonds is 39. The zero-order valence-corrected chi connectivity index (χ0v) is 38.6. The molecule has 0 aliphatic rings. The van der Waals surface area contributed by atoms with Crippen molar-refractivity contribution in [3.63, 3.8) is 0 Å². The van der Waals surface area contributed by atoms with Gasteiger partial charge in [-0.2, -0.15) is 0 Å². The van der Waals surface area contributed by atoms with Gasteiger partial charge in [0.05, 0.1) is 0 Å². The van der Waals surface area contributed by atoms with Crippen LogP contribution in [0.15, 0.2) is 36.5 Å². The average molecular weight is 920 g/mol. The summed E-state index contributed by atoms with van der Waals surface area (Å²) in [6, 6.07) is 0. The molecule has 0 heterocycles. The van der Waals surface area contributed by atoms with Gasteiger partial charge in [-0.25, -0.2) is 0 Å². The minimum absolute atomic E-state index is 0. The molecule has 0 aromatic carbocycles. The Hall–Kier alpha value is -1.05. The summed E-state index contributed by atoms with van der Waals surface area (Å²) in [5.74, 6) is -2.00. The summed E-state index contributed by atoms with van der Waals surface area (Å²) in [4.78, 5) is 30.9. The van der Waals surface area contributed by atoms with Crippen LogP contribution in [-0.2, 0) is 14.4 Å². The fraction of sp³-hybridized carbons (Fsp3) is 0.812. The van der Waals surface area contributed by atoms with Crippen molar-refractivity contribution in [3.8, 4) is 0 Å². The van der Waals surface area contributed by atoms with E-state index in [4.69, 9.17) is 15.3 Å². The molecule has 7 heteroatoms. The topological polar surface area (TPSA) is 112 Å². The minimum atomic E-state index is -0.666. The molecule has 0 radical (unpaired) electrons. The Bertz CT molecular complexity index is 744. The summed E-state index contributed by atoms with van der Waals surface area (Å²) in [7, 11) is 0. The molecule has 0 atom stereocenters. The summed E-state index contributed by atoms with van der Waals surface area (Å²) in [6.07, 6.45) is 55.0. The van der Waals surface area contributed by atoms with Crippen molar-refractivity contribution in [2.45, 2.75) is 252 Å². The van der Waals surface area contributed by atoms with Gasteiger partial charge >= 0.3 is 17.9 Å². The van der Waals surface area contributed by atoms with Crippen molar-refractivity contribution in [1.29, 1.82) is 0 Å². The third-order valence-corrected chi connectivity index (χ3v) is 9.46. The number of aliphatic carboxylic acids is 3. The third kappa shape index (κ3) is 71.2. The molecular weight excluding hydrogens is 830 g/mol. The average Bonchev–Trinajstić information content (AvgIpc) is 3.14. The molecule has 0 aromatic heterocycles. The molecule has 326 valence electrons. The molecule has 0 saturated carbocycles. The fourth-order valence-corrected chi connectivity index (χ4v) is 5.98. The predicted molar refractivity (Wildman–Crippen MR) is 234 cm³/mol. The van der Waals surface area contributed by atoms with Crippen LogP contribution in [0.2, 0.25) is 0 Å². The molecule has 0 aromatic rings. The van der Waals surface area contributed by atoms with Gasteiger partial charge in [-0.1, -0.05) is 173 Å². The summed E-state index contributed by atoms with van der Waals surface area (Å²) < 4.78 is 0. The Labute approximate surface area is 373 Å². The zero-order valence-electron chi connectivity index (χ0n) is 36.3. The molecule has 0 aliphatic carbocycles. The van der Waals surface area contributed by atoms with Gasteiger partial charge in [0.1, 0.15) is 0 Å². The maximum atomic E-state index is 10.3. The van der Waals surface area contributed by atoms with E-state index in [1.807, 2.05) is 0 Å². The van der Waals surface area contributed by atoms with Gasteiger partial charge in [-0.05, 0) is 96.3 Å². The largest absolute Gasteiger partial charge is 0.481 e. The summed E-state index contributed by atoms with van der Waals surface area (Å²) >= 11 is 0. The van der Waals surface area contributed by atoms with E-state index in [1.165, 1.54) is 173 Å². The standard InChI is InChI=1S/3C16H30O2.Gd/c3*1-2-3-4-5-6-7-8-9-10-11-12-13-14-15-16(17)18;/h3*7-8H,2-6,9-15H2,1H3,(H,17,18);/b3*8-7-;. The number of hydrogen-bond donors (Lipinski definition) is 3. The van der Waals surface area contributed by atoms with Crippen LogP contribution in [0.4, 0.5) is 0 Å². The number of unbranched alkanes of at least 4 members (excludes halogenated alkanes) is 27. The zero-order chi connectivity index (χ0) is 40.4. The van der Waals surface area contributed by atoms with Gasteiger partial charge in [-0.3, -0.25) is 14.4 Å². The molecule has 0 rings (SSSR count). The maximum Gasteiger partial charge on any atom is 0.303 e. The molecule has 0 unspecified atom stereocenters. The Balaban J connectivity index is -0.000000351. The normalized spacial score (nSPS) is 11.0. The van der Waals surface area contributed by atoms with Crippen LogP contribution in [0.1, 0.15) is 252 Å². The van der Waals surface area contributed by atoms with Crippen molar-refractivity contribution < 1.29 is 69.6 Å². The van der Waals surface area contributed by atoms with Crippen LogP contribution in [-0.4, -0.2) is 33.2 Å². The van der Waals surface area contributed by atoms with Crippen LogP contribution in [0, 0.1) is 39.9 Å². The second kappa shape index (κ2) is 57.3. The van der Waals surface area contributed by atoms with Gasteiger partial charge in [0.15, 0.2) is 0 Å².